The number of carbonyl (C=O) groups is 1. The lowest BCUT2D eigenvalue weighted by Crippen LogP contribution is -2.46. The second-order valence-corrected chi connectivity index (χ2v) is 9.00. The molecule has 5 rings (SSSR count). The van der Waals surface area contributed by atoms with Crippen LogP contribution in [-0.4, -0.2) is 29.2 Å². The van der Waals surface area contributed by atoms with Crippen LogP contribution in [0.3, 0.4) is 0 Å². The number of aromatic nitrogens is 2. The zero-order valence-corrected chi connectivity index (χ0v) is 18.1. The average Bonchev–Trinajstić information content (AvgIpc) is 3.49. The molecule has 1 aliphatic carbocycles. The van der Waals surface area contributed by atoms with Crippen LogP contribution in [0.1, 0.15) is 42.7 Å². The Labute approximate surface area is 185 Å². The molecule has 1 saturated carbocycles. The molecule has 3 aromatic rings. The Morgan fingerprint density at radius 2 is 1.94 bits per heavy atom. The fourth-order valence-corrected chi connectivity index (χ4v) is 5.30. The second kappa shape index (κ2) is 8.67. The van der Waals surface area contributed by atoms with Gasteiger partial charge in [0.2, 0.25) is 12.7 Å². The normalized spacial score (nSPS) is 16.8. The van der Waals surface area contributed by atoms with Crippen LogP contribution in [0.2, 0.25) is 0 Å². The number of nitrogens with zero attached hydrogens (tertiary/aromatic N) is 2. The van der Waals surface area contributed by atoms with Gasteiger partial charge in [-0.05, 0) is 42.7 Å². The van der Waals surface area contributed by atoms with E-state index in [1.807, 2.05) is 41.8 Å². The number of pyridine rings is 1. The van der Waals surface area contributed by atoms with Gasteiger partial charge in [0.25, 0.3) is 0 Å². The number of carbonyl (C=O) groups excluding carboxylic acids is 1. The number of rotatable bonds is 6. The summed E-state index contributed by atoms with van der Waals surface area (Å²) in [5.41, 5.74) is 2.29. The Morgan fingerprint density at radius 1 is 1.06 bits per heavy atom. The molecule has 6 nitrogen and oxygen atoms in total. The van der Waals surface area contributed by atoms with Crippen molar-refractivity contribution in [3.05, 3.63) is 58.5 Å². The number of amides is 1. The van der Waals surface area contributed by atoms with Crippen molar-refractivity contribution in [2.45, 2.75) is 43.9 Å². The van der Waals surface area contributed by atoms with Crippen LogP contribution < -0.4 is 14.8 Å². The number of ether oxygens (including phenoxy) is 2. The van der Waals surface area contributed by atoms with E-state index in [0.29, 0.717) is 13.0 Å². The molecule has 3 heterocycles. The minimum atomic E-state index is -0.499. The summed E-state index contributed by atoms with van der Waals surface area (Å²) < 4.78 is 11.0. The monoisotopic (exact) mass is 435 g/mol. The third kappa shape index (κ3) is 4.02. The zero-order valence-electron chi connectivity index (χ0n) is 17.3. The van der Waals surface area contributed by atoms with Gasteiger partial charge in [-0.25, -0.2) is 4.98 Å². The Kier molecular flexibility index (Phi) is 5.59. The van der Waals surface area contributed by atoms with E-state index in [9.17, 15) is 4.79 Å². The third-order valence-electron chi connectivity index (χ3n) is 6.17. The summed E-state index contributed by atoms with van der Waals surface area (Å²) in [6.45, 7) is 0.812. The smallest absolute Gasteiger partial charge is 0.231 e. The van der Waals surface area contributed by atoms with E-state index >= 15 is 0 Å². The molecule has 1 amide bonds. The molecule has 160 valence electrons. The lowest BCUT2D eigenvalue weighted by atomic mass is 9.68. The van der Waals surface area contributed by atoms with Crippen LogP contribution in [0.25, 0.3) is 11.4 Å². The van der Waals surface area contributed by atoms with E-state index in [0.717, 1.165) is 59.1 Å². The lowest BCUT2D eigenvalue weighted by molar-refractivity contribution is -0.128. The van der Waals surface area contributed by atoms with Crippen molar-refractivity contribution in [3.8, 4) is 22.9 Å². The summed E-state index contributed by atoms with van der Waals surface area (Å²) in [5, 5.41) is 6.22. The van der Waals surface area contributed by atoms with Crippen molar-refractivity contribution < 1.29 is 14.3 Å². The van der Waals surface area contributed by atoms with Gasteiger partial charge in [-0.15, -0.1) is 11.3 Å². The highest BCUT2D eigenvalue weighted by Crippen LogP contribution is 2.43. The number of hydrogen-bond donors (Lipinski definition) is 1. The molecule has 1 fully saturated rings. The Balaban J connectivity index is 1.27. The molecule has 0 radical (unpaired) electrons. The predicted octanol–water partition coefficient (Wildman–Crippen LogP) is 4.49. The molecule has 1 aliphatic heterocycles. The standard InChI is InChI=1S/C24H25N3O3S/c28-23(26-13-9-22-27-19(15-31-22)18-6-2-5-12-25-18)24(10-3-1-4-11-24)17-7-8-20-21(14-17)30-16-29-20/h2,5-8,12,14-15H,1,3-4,9-11,13,16H2,(H,26,28). The number of fused-ring (bicyclic) bond motifs is 1. The van der Waals surface area contributed by atoms with Crippen LogP contribution in [0, 0.1) is 0 Å². The first-order valence-corrected chi connectivity index (χ1v) is 11.7. The largest absolute Gasteiger partial charge is 0.454 e. The number of thiazole rings is 1. The molecule has 0 bridgehead atoms. The van der Waals surface area contributed by atoms with Gasteiger partial charge in [0.15, 0.2) is 11.5 Å². The molecule has 1 N–H and O–H groups in total. The molecular weight excluding hydrogens is 410 g/mol. The van der Waals surface area contributed by atoms with Gasteiger partial charge in [0.1, 0.15) is 0 Å². The van der Waals surface area contributed by atoms with Gasteiger partial charge in [-0.3, -0.25) is 9.78 Å². The Bertz CT molecular complexity index is 1060. The van der Waals surface area contributed by atoms with Gasteiger partial charge in [0.05, 0.1) is 21.8 Å². The highest BCUT2D eigenvalue weighted by molar-refractivity contribution is 7.09. The van der Waals surface area contributed by atoms with Crippen LogP contribution in [0.15, 0.2) is 48.0 Å². The maximum Gasteiger partial charge on any atom is 0.231 e. The highest BCUT2D eigenvalue weighted by atomic mass is 32.1. The van der Waals surface area contributed by atoms with Gasteiger partial charge in [-0.1, -0.05) is 31.4 Å². The number of nitrogens with one attached hydrogen (secondary N) is 1. The quantitative estimate of drug-likeness (QED) is 0.617. The second-order valence-electron chi connectivity index (χ2n) is 8.06. The molecule has 0 atom stereocenters. The minimum absolute atomic E-state index is 0.104. The lowest BCUT2D eigenvalue weighted by Gasteiger charge is -2.36. The van der Waals surface area contributed by atoms with E-state index < -0.39 is 5.41 Å². The first-order chi connectivity index (χ1) is 15.2. The summed E-state index contributed by atoms with van der Waals surface area (Å²) in [6.07, 6.45) is 7.49. The maximum absolute atomic E-state index is 13.4. The van der Waals surface area contributed by atoms with Crippen molar-refractivity contribution in [1.29, 1.82) is 0 Å². The topological polar surface area (TPSA) is 73.3 Å². The summed E-state index contributed by atoms with van der Waals surface area (Å²) >= 11 is 1.61. The zero-order chi connectivity index (χ0) is 21.1. The molecule has 2 aliphatic rings. The Hall–Kier alpha value is -2.93. The van der Waals surface area contributed by atoms with Crippen molar-refractivity contribution in [2.75, 3.05) is 13.3 Å². The van der Waals surface area contributed by atoms with E-state index in [1.165, 1.54) is 6.42 Å². The fraction of sp³-hybridized carbons (Fsp3) is 0.375. The molecule has 1 aromatic carbocycles. The van der Waals surface area contributed by atoms with Crippen LogP contribution in [0.5, 0.6) is 11.5 Å². The van der Waals surface area contributed by atoms with Crippen LogP contribution in [-0.2, 0) is 16.6 Å². The van der Waals surface area contributed by atoms with E-state index in [1.54, 1.807) is 17.5 Å². The van der Waals surface area contributed by atoms with Crippen LogP contribution >= 0.6 is 11.3 Å². The molecule has 0 saturated heterocycles. The van der Waals surface area contributed by atoms with Crippen molar-refractivity contribution in [1.82, 2.24) is 15.3 Å². The summed E-state index contributed by atoms with van der Waals surface area (Å²) in [7, 11) is 0. The molecule has 2 aromatic heterocycles. The number of hydrogen-bond acceptors (Lipinski definition) is 6. The molecular formula is C24H25N3O3S. The van der Waals surface area contributed by atoms with Gasteiger partial charge >= 0.3 is 0 Å². The Morgan fingerprint density at radius 3 is 2.77 bits per heavy atom. The average molecular weight is 436 g/mol. The van der Waals surface area contributed by atoms with Gasteiger partial charge in [0, 0.05) is 24.5 Å². The summed E-state index contributed by atoms with van der Waals surface area (Å²) in [5.74, 6) is 1.59. The predicted molar refractivity (Wildman–Crippen MR) is 119 cm³/mol. The molecule has 31 heavy (non-hydrogen) atoms. The van der Waals surface area contributed by atoms with Crippen LogP contribution in [0.4, 0.5) is 0 Å². The molecule has 0 spiro atoms. The van der Waals surface area contributed by atoms with E-state index in [2.05, 4.69) is 15.3 Å². The first-order valence-electron chi connectivity index (χ1n) is 10.8. The van der Waals surface area contributed by atoms with E-state index in [-0.39, 0.29) is 12.7 Å². The first kappa shape index (κ1) is 20.0. The number of benzene rings is 1. The maximum atomic E-state index is 13.4. The van der Waals surface area contributed by atoms with Gasteiger partial charge < -0.3 is 14.8 Å². The van der Waals surface area contributed by atoms with Crippen molar-refractivity contribution >= 4 is 17.2 Å². The molecule has 7 heteroatoms. The third-order valence-corrected chi connectivity index (χ3v) is 7.08. The highest BCUT2D eigenvalue weighted by Gasteiger charge is 2.41. The molecule has 0 unspecified atom stereocenters. The van der Waals surface area contributed by atoms with Crippen molar-refractivity contribution in [3.63, 3.8) is 0 Å². The van der Waals surface area contributed by atoms with Gasteiger partial charge in [-0.2, -0.15) is 0 Å². The summed E-state index contributed by atoms with van der Waals surface area (Å²) in [6, 6.07) is 11.8. The van der Waals surface area contributed by atoms with Crippen molar-refractivity contribution in [2.24, 2.45) is 0 Å². The minimum Gasteiger partial charge on any atom is -0.454 e. The fourth-order valence-electron chi connectivity index (χ4n) is 4.51. The summed E-state index contributed by atoms with van der Waals surface area (Å²) in [4.78, 5) is 22.5. The van der Waals surface area contributed by atoms with E-state index in [4.69, 9.17) is 9.47 Å². The SMILES string of the molecule is O=C(NCCc1nc(-c2ccccn2)cs1)C1(c2ccc3c(c2)OCO3)CCCCC1.